The molecule has 0 heterocycles. The minimum atomic E-state index is 0. The quantitative estimate of drug-likeness (QED) is 0.252. The van der Waals surface area contributed by atoms with Gasteiger partial charge < -0.3 is 24.8 Å². The molecule has 180 valence electrons. The molecule has 0 N–H and O–H groups in total. The first kappa shape index (κ1) is 29.6. The van der Waals surface area contributed by atoms with Gasteiger partial charge in [0.1, 0.15) is 0 Å². The summed E-state index contributed by atoms with van der Waals surface area (Å²) in [6, 6.07) is 17.7. The third-order valence-electron chi connectivity index (χ3n) is 7.09. The molecule has 2 aromatic rings. The number of rotatable bonds is 0. The van der Waals surface area contributed by atoms with Crippen LogP contribution in [0.5, 0.6) is 0 Å². The molecule has 34 heavy (non-hydrogen) atoms. The van der Waals surface area contributed by atoms with Crippen molar-refractivity contribution in [1.29, 1.82) is 0 Å². The van der Waals surface area contributed by atoms with Gasteiger partial charge in [-0.15, -0.1) is 35.4 Å². The van der Waals surface area contributed by atoms with Crippen LogP contribution in [0.25, 0.3) is 0 Å². The van der Waals surface area contributed by atoms with Crippen molar-refractivity contribution in [3.63, 3.8) is 0 Å². The molecule has 0 saturated carbocycles. The van der Waals surface area contributed by atoms with Crippen molar-refractivity contribution in [2.75, 3.05) is 0 Å². The van der Waals surface area contributed by atoms with E-state index in [1.807, 2.05) is 0 Å². The van der Waals surface area contributed by atoms with Crippen molar-refractivity contribution in [1.82, 2.24) is 0 Å². The second-order valence-corrected chi connectivity index (χ2v) is 19.4. The van der Waals surface area contributed by atoms with Crippen molar-refractivity contribution in [3.05, 3.63) is 107 Å². The van der Waals surface area contributed by atoms with Gasteiger partial charge in [0.05, 0.1) is 0 Å². The topological polar surface area (TPSA) is 0 Å². The van der Waals surface area contributed by atoms with Gasteiger partial charge in [-0.25, -0.2) is 0 Å². The van der Waals surface area contributed by atoms with Crippen molar-refractivity contribution < 1.29 is 48.1 Å². The third-order valence-corrected chi connectivity index (χ3v) is 7.09. The monoisotopic (exact) mass is 584 g/mol. The second-order valence-electron chi connectivity index (χ2n) is 10.1. The molecule has 0 bridgehead atoms. The number of benzene rings is 2. The molecule has 0 radical (unpaired) electrons. The Morgan fingerprint density at radius 3 is 1.44 bits per heavy atom. The molecule has 4 aliphatic rings. The van der Waals surface area contributed by atoms with Crippen LogP contribution in [0.4, 0.5) is 0 Å². The summed E-state index contributed by atoms with van der Waals surface area (Å²) < 4.78 is 0. The van der Waals surface area contributed by atoms with E-state index in [0.717, 1.165) is 11.8 Å². The predicted octanol–water partition coefficient (Wildman–Crippen LogP) is 2.18. The largest absolute Gasteiger partial charge is 1.00 e. The van der Waals surface area contributed by atoms with E-state index in [-0.39, 0.29) is 30.2 Å². The van der Waals surface area contributed by atoms with Crippen LogP contribution in [0.2, 0.25) is 13.1 Å². The van der Waals surface area contributed by atoms with Gasteiger partial charge in [-0.1, -0.05) is 60.1 Å². The second kappa shape index (κ2) is 13.6. The maximum Gasteiger partial charge on any atom is -1.00 e. The summed E-state index contributed by atoms with van der Waals surface area (Å²) in [4.78, 5) is 0. The Hall–Kier alpha value is -0.660. The Bertz CT molecular complexity index is 960. The van der Waals surface area contributed by atoms with Crippen LogP contribution in [-0.2, 0) is 23.3 Å². The van der Waals surface area contributed by atoms with Crippen molar-refractivity contribution >= 4 is 5.43 Å². The molecule has 4 aliphatic carbocycles. The van der Waals surface area contributed by atoms with Crippen LogP contribution < -0.4 is 24.8 Å². The molecule has 4 heteroatoms. The van der Waals surface area contributed by atoms with Crippen LogP contribution in [-0.4, -0.2) is 5.43 Å². The van der Waals surface area contributed by atoms with Crippen LogP contribution in [0, 0.1) is 24.7 Å². The fraction of sp³-hybridized carbons (Fsp3) is 0.400. The molecule has 4 unspecified atom stereocenters. The summed E-state index contributed by atoms with van der Waals surface area (Å²) in [5.41, 5.74) is 9.35. The Morgan fingerprint density at radius 1 is 0.706 bits per heavy atom. The fourth-order valence-corrected chi connectivity index (χ4v) is 5.58. The molecular weight excluding hydrogens is 551 g/mol. The molecule has 6 rings (SSSR count). The van der Waals surface area contributed by atoms with Crippen molar-refractivity contribution in [2.24, 2.45) is 11.8 Å². The first-order chi connectivity index (χ1) is 15.4. The van der Waals surface area contributed by atoms with E-state index in [1.165, 1.54) is 47.9 Å². The first-order valence-corrected chi connectivity index (χ1v) is 18.3. The third kappa shape index (κ3) is 7.19. The number of fused-ring (bicyclic) bond motifs is 6. The Morgan fingerprint density at radius 2 is 1.06 bits per heavy atom. The van der Waals surface area contributed by atoms with E-state index in [2.05, 4.69) is 100 Å². The Balaban J connectivity index is 0.000000198. The van der Waals surface area contributed by atoms with E-state index in [9.17, 15) is 0 Å². The Kier molecular flexibility index (Phi) is 11.8. The summed E-state index contributed by atoms with van der Waals surface area (Å²) in [5.74, 6) is 2.91. The van der Waals surface area contributed by atoms with Gasteiger partial charge in [-0.05, 0) is 38.5 Å². The minimum Gasteiger partial charge on any atom is -1.00 e. The van der Waals surface area contributed by atoms with Crippen LogP contribution in [0.15, 0.2) is 71.8 Å². The predicted molar refractivity (Wildman–Crippen MR) is 136 cm³/mol. The van der Waals surface area contributed by atoms with Crippen LogP contribution in [0.1, 0.15) is 73.6 Å². The van der Waals surface area contributed by atoms with Crippen LogP contribution >= 0.6 is 0 Å². The summed E-state index contributed by atoms with van der Waals surface area (Å²) >= 11 is 1.74. The molecule has 0 aromatic heterocycles. The number of hydrogen-bond donors (Lipinski definition) is 0. The SMILES string of the molecule is CC1=CC2c3ccccc3[CH-]C2CC1.CC1=CC2c3ccccc3[CH-]C2CC1.C[Si](C)=[Zr+2].[Cl-].[Cl-]. The standard InChI is InChI=1S/2C14H15.C2H6Si.2ClH.Zr/c2*1-10-6-7-12-9-11-4-2-3-5-13(11)14(12)8-10;1-3-2;;;/h2*2-5,8-9,12,14H,6-7H2,1H3;1-2H3;2*1H;/q2*-1;;;;+2/p-2. The average molecular weight is 587 g/mol. The van der Waals surface area contributed by atoms with Gasteiger partial charge in [-0.2, -0.15) is 36.1 Å². The summed E-state index contributed by atoms with van der Waals surface area (Å²) in [5, 5.41) is 0. The zero-order valence-corrected chi connectivity index (χ0v) is 25.8. The number of halogens is 2. The van der Waals surface area contributed by atoms with Gasteiger partial charge in [0.2, 0.25) is 0 Å². The van der Waals surface area contributed by atoms with E-state index in [4.69, 9.17) is 0 Å². The van der Waals surface area contributed by atoms with Crippen molar-refractivity contribution in [3.8, 4) is 0 Å². The van der Waals surface area contributed by atoms with Crippen molar-refractivity contribution in [2.45, 2.75) is 64.5 Å². The molecule has 2 aromatic carbocycles. The van der Waals surface area contributed by atoms with Gasteiger partial charge in [-0.3, -0.25) is 0 Å². The molecule has 4 atom stereocenters. The number of allylic oxidation sites excluding steroid dienone is 4. The molecule has 0 nitrogen and oxygen atoms in total. The van der Waals surface area contributed by atoms with E-state index in [0.29, 0.717) is 11.8 Å². The average Bonchev–Trinajstić information content (AvgIpc) is 3.32. The maximum atomic E-state index is 2.47. The van der Waals surface area contributed by atoms with E-state index in [1.54, 1.807) is 34.5 Å². The molecule has 0 aliphatic heterocycles. The molecule has 0 spiro atoms. The van der Waals surface area contributed by atoms with E-state index >= 15 is 0 Å². The molecular formula is C30H36Cl2SiZr-2. The van der Waals surface area contributed by atoms with Crippen LogP contribution in [0.3, 0.4) is 0 Å². The molecule has 0 amide bonds. The number of hydrogen-bond acceptors (Lipinski definition) is 0. The normalized spacial score (nSPS) is 24.5. The smallest absolute Gasteiger partial charge is 1.00 e. The summed E-state index contributed by atoms with van der Waals surface area (Å²) in [6.07, 6.45) is 15.1. The zero-order chi connectivity index (χ0) is 22.7. The molecule has 0 fully saturated rings. The maximum absolute atomic E-state index is 2.47. The van der Waals surface area contributed by atoms with E-state index < -0.39 is 0 Å². The van der Waals surface area contributed by atoms with Gasteiger partial charge in [0.15, 0.2) is 0 Å². The fourth-order valence-electron chi connectivity index (χ4n) is 5.58. The molecule has 0 saturated heterocycles. The minimum absolute atomic E-state index is 0. The van der Waals surface area contributed by atoms with Gasteiger partial charge in [0, 0.05) is 0 Å². The zero-order valence-electron chi connectivity index (χ0n) is 20.8. The summed E-state index contributed by atoms with van der Waals surface area (Å²) in [7, 11) is 0. The Labute approximate surface area is 235 Å². The summed E-state index contributed by atoms with van der Waals surface area (Å²) in [6.45, 7) is 9.14. The van der Waals surface area contributed by atoms with Gasteiger partial charge >= 0.3 is 41.9 Å². The van der Waals surface area contributed by atoms with Gasteiger partial charge in [0.25, 0.3) is 0 Å². The first-order valence-electron chi connectivity index (χ1n) is 12.2.